The molecule has 2 aromatic carbocycles. The molecule has 0 radical (unpaired) electrons. The normalized spacial score (nSPS) is 16.3. The van der Waals surface area contributed by atoms with Crippen molar-refractivity contribution in [1.82, 2.24) is 10.2 Å². The third-order valence-electron chi connectivity index (χ3n) is 5.48. The predicted octanol–water partition coefficient (Wildman–Crippen LogP) is 5.29. The topological polar surface area (TPSA) is 70.7 Å². The Morgan fingerprint density at radius 1 is 1.17 bits per heavy atom. The summed E-state index contributed by atoms with van der Waals surface area (Å²) in [6, 6.07) is 10.3. The number of carbonyl (C=O) groups is 2. The Labute approximate surface area is 207 Å². The summed E-state index contributed by atoms with van der Waals surface area (Å²) in [5.41, 5.74) is 1.16. The molecule has 1 heterocycles. The van der Waals surface area contributed by atoms with Crippen molar-refractivity contribution in [3.05, 3.63) is 76.5 Å². The molecule has 0 aliphatic carbocycles. The molecule has 0 bridgehead atoms. The number of esters is 1. The zero-order valence-electron chi connectivity index (χ0n) is 19.7. The van der Waals surface area contributed by atoms with Gasteiger partial charge >= 0.3 is 12.1 Å². The number of nitrogens with one attached hydrogen (secondary N) is 2. The third kappa shape index (κ3) is 6.19. The molecule has 1 aliphatic heterocycles. The van der Waals surface area contributed by atoms with Crippen LogP contribution in [-0.4, -0.2) is 35.5 Å². The van der Waals surface area contributed by atoms with E-state index < -0.39 is 29.7 Å². The minimum absolute atomic E-state index is 0.111. The van der Waals surface area contributed by atoms with E-state index in [1.54, 1.807) is 43.1 Å². The second-order valence-corrected chi connectivity index (χ2v) is 8.97. The van der Waals surface area contributed by atoms with E-state index in [9.17, 15) is 22.8 Å². The van der Waals surface area contributed by atoms with Gasteiger partial charge in [0.05, 0.1) is 23.8 Å². The number of hydrogen-bond acceptors (Lipinski definition) is 4. The SMILES string of the molecule is CC1=C(C(=O)OCC(C)C)C(c2ccc(NC(=O)c3cccc(C(F)(F)F)c3)cc2)NC(=S)N1C. The highest BCUT2D eigenvalue weighted by Gasteiger charge is 2.34. The number of thiocarbonyl (C=S) groups is 1. The molecule has 10 heteroatoms. The fourth-order valence-electron chi connectivity index (χ4n) is 3.47. The maximum Gasteiger partial charge on any atom is 0.416 e. The Balaban J connectivity index is 1.82. The van der Waals surface area contributed by atoms with Gasteiger partial charge in [0, 0.05) is 24.0 Å². The number of anilines is 1. The zero-order valence-corrected chi connectivity index (χ0v) is 20.5. The summed E-state index contributed by atoms with van der Waals surface area (Å²) in [5.74, 6) is -0.950. The summed E-state index contributed by atoms with van der Waals surface area (Å²) in [6.45, 7) is 5.95. The van der Waals surface area contributed by atoms with Crippen LogP contribution in [0.5, 0.6) is 0 Å². The Morgan fingerprint density at radius 3 is 2.43 bits per heavy atom. The second kappa shape index (κ2) is 10.5. The maximum atomic E-state index is 12.9. The van der Waals surface area contributed by atoms with Gasteiger partial charge in [-0.2, -0.15) is 13.2 Å². The molecule has 0 fully saturated rings. The lowest BCUT2D eigenvalue weighted by molar-refractivity contribution is -0.140. The first-order valence-electron chi connectivity index (χ1n) is 10.9. The Morgan fingerprint density at radius 2 is 1.83 bits per heavy atom. The average Bonchev–Trinajstić information content (AvgIpc) is 2.80. The molecule has 1 unspecified atom stereocenters. The van der Waals surface area contributed by atoms with Gasteiger partial charge in [0.25, 0.3) is 5.91 Å². The van der Waals surface area contributed by atoms with Crippen molar-refractivity contribution in [3.63, 3.8) is 0 Å². The predicted molar refractivity (Wildman–Crippen MR) is 131 cm³/mol. The molecule has 3 rings (SSSR count). The molecule has 2 N–H and O–H groups in total. The van der Waals surface area contributed by atoms with Gasteiger partial charge in [0.2, 0.25) is 0 Å². The van der Waals surface area contributed by atoms with E-state index in [0.29, 0.717) is 27.6 Å². The number of amides is 1. The first-order chi connectivity index (χ1) is 16.4. The van der Waals surface area contributed by atoms with Crippen LogP contribution in [-0.2, 0) is 15.7 Å². The van der Waals surface area contributed by atoms with Crippen LogP contribution in [0.2, 0.25) is 0 Å². The molecule has 0 saturated heterocycles. The number of allylic oxidation sites excluding steroid dienone is 1. The van der Waals surface area contributed by atoms with Crippen molar-refractivity contribution >= 4 is 34.9 Å². The quantitative estimate of drug-likeness (QED) is 0.411. The third-order valence-corrected chi connectivity index (χ3v) is 5.87. The second-order valence-electron chi connectivity index (χ2n) is 8.59. The first-order valence-corrected chi connectivity index (χ1v) is 11.3. The Kier molecular flexibility index (Phi) is 7.84. The van der Waals surface area contributed by atoms with Gasteiger partial charge in [-0.25, -0.2) is 4.79 Å². The van der Waals surface area contributed by atoms with Crippen molar-refractivity contribution in [2.24, 2.45) is 5.92 Å². The van der Waals surface area contributed by atoms with Gasteiger partial charge < -0.3 is 20.3 Å². The summed E-state index contributed by atoms with van der Waals surface area (Å²) in [5, 5.41) is 6.18. The molecular formula is C25H26F3N3O3S. The van der Waals surface area contributed by atoms with E-state index in [1.165, 1.54) is 12.1 Å². The van der Waals surface area contributed by atoms with Crippen LogP contribution in [0.3, 0.4) is 0 Å². The number of halogens is 3. The number of ether oxygens (including phenoxy) is 1. The lowest BCUT2D eigenvalue weighted by Crippen LogP contribution is -2.46. The van der Waals surface area contributed by atoms with Gasteiger partial charge in [-0.1, -0.05) is 32.0 Å². The largest absolute Gasteiger partial charge is 0.462 e. The highest BCUT2D eigenvalue weighted by molar-refractivity contribution is 7.80. The van der Waals surface area contributed by atoms with Gasteiger partial charge in [0.15, 0.2) is 5.11 Å². The van der Waals surface area contributed by atoms with E-state index in [1.807, 2.05) is 13.8 Å². The fraction of sp³-hybridized carbons (Fsp3) is 0.320. The van der Waals surface area contributed by atoms with Gasteiger partial charge in [-0.15, -0.1) is 0 Å². The molecule has 1 amide bonds. The van der Waals surface area contributed by atoms with Gasteiger partial charge in [-0.3, -0.25) is 4.79 Å². The number of alkyl halides is 3. The van der Waals surface area contributed by atoms with Crippen molar-refractivity contribution in [3.8, 4) is 0 Å². The van der Waals surface area contributed by atoms with E-state index in [4.69, 9.17) is 17.0 Å². The van der Waals surface area contributed by atoms with Crippen LogP contribution in [0.1, 0.15) is 48.3 Å². The van der Waals surface area contributed by atoms with Crippen LogP contribution in [0.4, 0.5) is 18.9 Å². The molecular weight excluding hydrogens is 479 g/mol. The summed E-state index contributed by atoms with van der Waals surface area (Å²) in [6.07, 6.45) is -4.54. The van der Waals surface area contributed by atoms with Crippen molar-refractivity contribution in [2.75, 3.05) is 19.0 Å². The lowest BCUT2D eigenvalue weighted by atomic mass is 9.95. The minimum atomic E-state index is -4.54. The van der Waals surface area contributed by atoms with Crippen molar-refractivity contribution < 1.29 is 27.5 Å². The molecule has 1 atom stereocenters. The molecule has 35 heavy (non-hydrogen) atoms. The van der Waals surface area contributed by atoms with E-state index >= 15 is 0 Å². The molecule has 2 aromatic rings. The molecule has 0 spiro atoms. The summed E-state index contributed by atoms with van der Waals surface area (Å²) < 4.78 is 44.3. The van der Waals surface area contributed by atoms with Gasteiger partial charge in [-0.05, 0) is 61.0 Å². The van der Waals surface area contributed by atoms with Crippen LogP contribution in [0, 0.1) is 5.92 Å². The smallest absolute Gasteiger partial charge is 0.416 e. The monoisotopic (exact) mass is 505 g/mol. The molecule has 186 valence electrons. The zero-order chi connectivity index (χ0) is 25.9. The number of hydrogen-bond donors (Lipinski definition) is 2. The summed E-state index contributed by atoms with van der Waals surface area (Å²) >= 11 is 5.39. The molecule has 0 saturated carbocycles. The van der Waals surface area contributed by atoms with E-state index in [0.717, 1.165) is 12.1 Å². The minimum Gasteiger partial charge on any atom is -0.462 e. The number of benzene rings is 2. The highest BCUT2D eigenvalue weighted by Crippen LogP contribution is 2.32. The fourth-order valence-corrected chi connectivity index (χ4v) is 3.72. The standard InChI is InChI=1S/C25H26F3N3O3S/c1-14(2)13-34-23(33)20-15(3)31(4)24(35)30-21(20)16-8-10-19(11-9-16)29-22(32)17-6-5-7-18(12-17)25(26,27)28/h5-12,14,21H,13H2,1-4H3,(H,29,32)(H,30,35). The van der Waals surface area contributed by atoms with Crippen LogP contribution in [0.25, 0.3) is 0 Å². The van der Waals surface area contributed by atoms with E-state index in [-0.39, 0.29) is 18.1 Å². The number of nitrogens with zero attached hydrogens (tertiary/aromatic N) is 1. The average molecular weight is 506 g/mol. The first kappa shape index (κ1) is 26.2. The summed E-state index contributed by atoms with van der Waals surface area (Å²) in [4.78, 5) is 27.1. The Bertz CT molecular complexity index is 1160. The van der Waals surface area contributed by atoms with Gasteiger partial charge in [0.1, 0.15) is 0 Å². The number of rotatable bonds is 6. The van der Waals surface area contributed by atoms with Crippen LogP contribution >= 0.6 is 12.2 Å². The van der Waals surface area contributed by atoms with Crippen LogP contribution < -0.4 is 10.6 Å². The Hall–Kier alpha value is -3.40. The molecule has 0 aromatic heterocycles. The highest BCUT2D eigenvalue weighted by atomic mass is 32.1. The van der Waals surface area contributed by atoms with E-state index in [2.05, 4.69) is 10.6 Å². The lowest BCUT2D eigenvalue weighted by Gasteiger charge is -2.35. The molecule has 6 nitrogen and oxygen atoms in total. The van der Waals surface area contributed by atoms with Crippen molar-refractivity contribution in [2.45, 2.75) is 33.0 Å². The van der Waals surface area contributed by atoms with Crippen molar-refractivity contribution in [1.29, 1.82) is 0 Å². The molecule has 1 aliphatic rings. The maximum absolute atomic E-state index is 12.9. The van der Waals surface area contributed by atoms with Crippen LogP contribution in [0.15, 0.2) is 59.8 Å². The summed E-state index contributed by atoms with van der Waals surface area (Å²) in [7, 11) is 1.75. The number of carbonyl (C=O) groups excluding carboxylic acids is 2.